The Morgan fingerprint density at radius 3 is 2.58 bits per heavy atom. The Morgan fingerprint density at radius 2 is 1.92 bits per heavy atom. The van der Waals surface area contributed by atoms with Crippen LogP contribution in [0.4, 0.5) is 13.2 Å². The molecule has 0 saturated heterocycles. The molecule has 26 heavy (non-hydrogen) atoms. The van der Waals surface area contributed by atoms with Gasteiger partial charge in [0, 0.05) is 18.3 Å². The molecule has 0 spiro atoms. The van der Waals surface area contributed by atoms with Crippen molar-refractivity contribution >= 4 is 15.9 Å². The van der Waals surface area contributed by atoms with Crippen LogP contribution >= 0.6 is 0 Å². The summed E-state index contributed by atoms with van der Waals surface area (Å²) in [5, 5.41) is 0. The Labute approximate surface area is 147 Å². The molecule has 1 aliphatic carbocycles. The van der Waals surface area contributed by atoms with Gasteiger partial charge >= 0.3 is 6.36 Å². The number of amides is 1. The molecule has 2 aromatic rings. The minimum absolute atomic E-state index is 0.175. The summed E-state index contributed by atoms with van der Waals surface area (Å²) in [7, 11) is -4.08. The topological polar surface area (TPSA) is 85.4 Å². The SMILES string of the molecule is O=C(NS(=O)(=O)c1cccnc1)[C@@H]1C[C@H]1c1ccccc1OC(F)(F)F. The van der Waals surface area contributed by atoms with E-state index in [2.05, 4.69) is 9.72 Å². The molecule has 3 rings (SSSR count). The van der Waals surface area contributed by atoms with Gasteiger partial charge in [-0.2, -0.15) is 0 Å². The highest BCUT2D eigenvalue weighted by molar-refractivity contribution is 7.90. The number of hydrogen-bond donors (Lipinski definition) is 1. The third-order valence-corrected chi connectivity index (χ3v) is 5.18. The molecule has 2 atom stereocenters. The van der Waals surface area contributed by atoms with Gasteiger partial charge in [-0.25, -0.2) is 13.1 Å². The van der Waals surface area contributed by atoms with E-state index in [1.807, 2.05) is 4.72 Å². The lowest BCUT2D eigenvalue weighted by Crippen LogP contribution is -2.32. The fourth-order valence-corrected chi connectivity index (χ4v) is 3.60. The van der Waals surface area contributed by atoms with Crippen molar-refractivity contribution in [1.82, 2.24) is 9.71 Å². The van der Waals surface area contributed by atoms with Gasteiger partial charge in [-0.3, -0.25) is 9.78 Å². The molecule has 1 aliphatic rings. The number of ether oxygens (including phenoxy) is 1. The number of rotatable bonds is 5. The first-order valence-electron chi connectivity index (χ1n) is 7.49. The number of nitrogens with one attached hydrogen (secondary N) is 1. The zero-order valence-corrected chi connectivity index (χ0v) is 13.9. The van der Waals surface area contributed by atoms with E-state index in [0.29, 0.717) is 0 Å². The van der Waals surface area contributed by atoms with Crippen LogP contribution in [0.1, 0.15) is 17.9 Å². The molecule has 0 unspecified atom stereocenters. The molecule has 6 nitrogen and oxygen atoms in total. The van der Waals surface area contributed by atoms with Crippen LogP contribution in [-0.2, 0) is 14.8 Å². The molecule has 138 valence electrons. The van der Waals surface area contributed by atoms with Gasteiger partial charge in [-0.05, 0) is 36.1 Å². The van der Waals surface area contributed by atoms with Crippen molar-refractivity contribution in [1.29, 1.82) is 0 Å². The molecule has 1 amide bonds. The van der Waals surface area contributed by atoms with E-state index in [1.54, 1.807) is 0 Å². The van der Waals surface area contributed by atoms with Crippen molar-refractivity contribution in [3.8, 4) is 5.75 Å². The average molecular weight is 386 g/mol. The van der Waals surface area contributed by atoms with E-state index in [4.69, 9.17) is 0 Å². The van der Waals surface area contributed by atoms with Crippen LogP contribution in [0.2, 0.25) is 0 Å². The normalized spacial score (nSPS) is 19.7. The van der Waals surface area contributed by atoms with Gasteiger partial charge in [0.25, 0.3) is 10.0 Å². The Balaban J connectivity index is 1.72. The summed E-state index contributed by atoms with van der Waals surface area (Å²) in [6.45, 7) is 0. The smallest absolute Gasteiger partial charge is 0.405 e. The number of alkyl halides is 3. The van der Waals surface area contributed by atoms with E-state index >= 15 is 0 Å². The summed E-state index contributed by atoms with van der Waals surface area (Å²) in [5.74, 6) is -2.46. The lowest BCUT2D eigenvalue weighted by Gasteiger charge is -2.13. The van der Waals surface area contributed by atoms with E-state index in [1.165, 1.54) is 36.5 Å². The zero-order valence-electron chi connectivity index (χ0n) is 13.1. The lowest BCUT2D eigenvalue weighted by molar-refractivity contribution is -0.274. The second kappa shape index (κ2) is 6.60. The summed E-state index contributed by atoms with van der Waals surface area (Å²) in [5.41, 5.74) is 0.212. The van der Waals surface area contributed by atoms with Gasteiger partial charge in [-0.15, -0.1) is 13.2 Å². The molecule has 0 bridgehead atoms. The summed E-state index contributed by atoms with van der Waals surface area (Å²) in [6, 6.07) is 8.17. The van der Waals surface area contributed by atoms with Crippen molar-refractivity contribution in [3.05, 3.63) is 54.4 Å². The maximum Gasteiger partial charge on any atom is 0.573 e. The van der Waals surface area contributed by atoms with Gasteiger partial charge in [-0.1, -0.05) is 18.2 Å². The predicted octanol–water partition coefficient (Wildman–Crippen LogP) is 2.59. The van der Waals surface area contributed by atoms with Gasteiger partial charge in [0.1, 0.15) is 10.6 Å². The highest BCUT2D eigenvalue weighted by Gasteiger charge is 2.47. The van der Waals surface area contributed by atoms with Gasteiger partial charge in [0.15, 0.2) is 0 Å². The number of benzene rings is 1. The third-order valence-electron chi connectivity index (χ3n) is 3.85. The molecule has 1 saturated carbocycles. The van der Waals surface area contributed by atoms with E-state index in [-0.39, 0.29) is 16.9 Å². The standard InChI is InChI=1S/C16H13F3N2O4S/c17-16(18,19)25-14-6-2-1-5-11(14)12-8-13(12)15(22)21-26(23,24)10-4-3-7-20-9-10/h1-7,9,12-13H,8H2,(H,21,22)/t12-,13+/m0/s1. The van der Waals surface area contributed by atoms with Crippen LogP contribution in [0.25, 0.3) is 0 Å². The number of pyridine rings is 1. The molecule has 10 heteroatoms. The molecular weight excluding hydrogens is 373 g/mol. The molecule has 1 aromatic heterocycles. The van der Waals surface area contributed by atoms with Crippen molar-refractivity contribution in [2.75, 3.05) is 0 Å². The Bertz CT molecular complexity index is 917. The van der Waals surface area contributed by atoms with Crippen LogP contribution < -0.4 is 9.46 Å². The first-order valence-corrected chi connectivity index (χ1v) is 8.97. The Hall–Kier alpha value is -2.62. The largest absolute Gasteiger partial charge is 0.573 e. The van der Waals surface area contributed by atoms with Gasteiger partial charge in [0.05, 0.1) is 0 Å². The number of halogens is 3. The van der Waals surface area contributed by atoms with E-state index in [0.717, 1.165) is 12.3 Å². The number of sulfonamides is 1. The Morgan fingerprint density at radius 1 is 1.19 bits per heavy atom. The fraction of sp³-hybridized carbons (Fsp3) is 0.250. The minimum Gasteiger partial charge on any atom is -0.405 e. The molecular formula is C16H13F3N2O4S. The average Bonchev–Trinajstić information content (AvgIpc) is 3.35. The maximum absolute atomic E-state index is 12.5. The number of para-hydroxylation sites is 1. The van der Waals surface area contributed by atoms with Crippen molar-refractivity contribution in [2.45, 2.75) is 23.6 Å². The summed E-state index contributed by atoms with van der Waals surface area (Å²) >= 11 is 0. The quantitative estimate of drug-likeness (QED) is 0.854. The van der Waals surface area contributed by atoms with Crippen LogP contribution in [0.15, 0.2) is 53.7 Å². The summed E-state index contributed by atoms with van der Waals surface area (Å²) in [4.78, 5) is 15.7. The lowest BCUT2D eigenvalue weighted by atomic mass is 10.1. The van der Waals surface area contributed by atoms with E-state index < -0.39 is 39.9 Å². The van der Waals surface area contributed by atoms with Crippen LogP contribution in [0.5, 0.6) is 5.75 Å². The highest BCUT2D eigenvalue weighted by atomic mass is 32.2. The third kappa shape index (κ3) is 4.13. The zero-order chi connectivity index (χ0) is 18.9. The van der Waals surface area contributed by atoms with E-state index in [9.17, 15) is 26.4 Å². The second-order valence-electron chi connectivity index (χ2n) is 5.69. The number of carbonyl (C=O) groups excluding carboxylic acids is 1. The summed E-state index contributed by atoms with van der Waals surface area (Å²) < 4.78 is 67.6. The number of carbonyl (C=O) groups is 1. The fourth-order valence-electron chi connectivity index (χ4n) is 2.61. The van der Waals surface area contributed by atoms with Gasteiger partial charge < -0.3 is 4.74 Å². The molecule has 1 heterocycles. The first kappa shape index (κ1) is 18.2. The van der Waals surface area contributed by atoms with Crippen molar-refractivity contribution in [2.24, 2.45) is 5.92 Å². The van der Waals surface area contributed by atoms with Crippen LogP contribution in [0, 0.1) is 5.92 Å². The molecule has 1 N–H and O–H groups in total. The molecule has 1 fully saturated rings. The second-order valence-corrected chi connectivity index (χ2v) is 7.38. The van der Waals surface area contributed by atoms with Crippen molar-refractivity contribution in [3.63, 3.8) is 0 Å². The monoisotopic (exact) mass is 386 g/mol. The number of hydrogen-bond acceptors (Lipinski definition) is 5. The maximum atomic E-state index is 12.5. The Kier molecular flexibility index (Phi) is 4.61. The first-order chi connectivity index (χ1) is 12.2. The highest BCUT2D eigenvalue weighted by Crippen LogP contribution is 2.51. The number of nitrogens with zero attached hydrogens (tertiary/aromatic N) is 1. The van der Waals surface area contributed by atoms with Crippen molar-refractivity contribution < 1.29 is 31.1 Å². The van der Waals surface area contributed by atoms with Crippen LogP contribution in [-0.4, -0.2) is 25.7 Å². The molecule has 0 aliphatic heterocycles. The molecule has 1 aromatic carbocycles. The van der Waals surface area contributed by atoms with Crippen LogP contribution in [0.3, 0.4) is 0 Å². The molecule has 0 radical (unpaired) electrons. The summed E-state index contributed by atoms with van der Waals surface area (Å²) in [6.07, 6.45) is -2.15. The number of aromatic nitrogens is 1. The minimum atomic E-state index is -4.85. The predicted molar refractivity (Wildman–Crippen MR) is 83.5 cm³/mol. The van der Waals surface area contributed by atoms with Gasteiger partial charge in [0.2, 0.25) is 5.91 Å².